The average Bonchev–Trinajstić information content (AvgIpc) is 2.52. The monoisotopic (exact) mass is 340 g/mol. The van der Waals surface area contributed by atoms with Crippen molar-refractivity contribution in [1.29, 1.82) is 0 Å². The van der Waals surface area contributed by atoms with Gasteiger partial charge in [-0.3, -0.25) is 9.59 Å². The van der Waals surface area contributed by atoms with E-state index in [0.717, 1.165) is 0 Å². The molecule has 1 heterocycles. The minimum absolute atomic E-state index is 0.0244. The van der Waals surface area contributed by atoms with Crippen molar-refractivity contribution in [3.8, 4) is 0 Å². The number of carbonyl (C=O) groups excluding carboxylic acids is 3. The summed E-state index contributed by atoms with van der Waals surface area (Å²) in [4.78, 5) is 35.5. The number of halogens is 1. The summed E-state index contributed by atoms with van der Waals surface area (Å²) < 4.78 is 17.7. The van der Waals surface area contributed by atoms with E-state index in [1.165, 1.54) is 36.0 Å². The van der Waals surface area contributed by atoms with Crippen LogP contribution in [-0.4, -0.2) is 41.4 Å². The van der Waals surface area contributed by atoms with E-state index in [9.17, 15) is 18.8 Å². The van der Waals surface area contributed by atoms with E-state index in [0.29, 0.717) is 11.4 Å². The molecule has 0 radical (unpaired) electrons. The number of rotatable bonds is 5. The normalized spacial score (nSPS) is 20.5. The summed E-state index contributed by atoms with van der Waals surface area (Å²) in [7, 11) is 0. The third-order valence-corrected chi connectivity index (χ3v) is 4.45. The summed E-state index contributed by atoms with van der Waals surface area (Å²) in [5.41, 5.74) is 0.460. The highest BCUT2D eigenvalue weighted by molar-refractivity contribution is 8.00. The fourth-order valence-electron chi connectivity index (χ4n) is 2.03. The first-order valence-electron chi connectivity index (χ1n) is 7.13. The molecule has 0 unspecified atom stereocenters. The molecule has 0 saturated carbocycles. The van der Waals surface area contributed by atoms with E-state index in [-0.39, 0.29) is 24.8 Å². The molecule has 2 rings (SSSR count). The molecule has 1 fully saturated rings. The lowest BCUT2D eigenvalue weighted by Gasteiger charge is -2.27. The highest BCUT2D eigenvalue weighted by Crippen LogP contribution is 2.22. The van der Waals surface area contributed by atoms with Crippen molar-refractivity contribution in [2.45, 2.75) is 24.6 Å². The van der Waals surface area contributed by atoms with E-state index in [4.69, 9.17) is 4.74 Å². The maximum Gasteiger partial charge on any atom is 0.329 e. The molecule has 2 amide bonds. The first-order chi connectivity index (χ1) is 11.0. The highest BCUT2D eigenvalue weighted by Gasteiger charge is 2.34. The lowest BCUT2D eigenvalue weighted by Crippen LogP contribution is -2.51. The molecule has 23 heavy (non-hydrogen) atoms. The smallest absolute Gasteiger partial charge is 0.329 e. The van der Waals surface area contributed by atoms with Gasteiger partial charge in [-0.25, -0.2) is 9.18 Å². The number of thioether (sulfide) groups is 1. The zero-order valence-electron chi connectivity index (χ0n) is 12.5. The maximum absolute atomic E-state index is 12.8. The number of benzene rings is 1. The molecule has 1 aliphatic heterocycles. The quantitative estimate of drug-likeness (QED) is 0.790. The van der Waals surface area contributed by atoms with Crippen molar-refractivity contribution in [2.24, 2.45) is 0 Å². The topological polar surface area (TPSA) is 84.5 Å². The van der Waals surface area contributed by atoms with Crippen LogP contribution in [0.1, 0.15) is 13.3 Å². The molecule has 124 valence electrons. The van der Waals surface area contributed by atoms with Crippen molar-refractivity contribution in [1.82, 2.24) is 5.32 Å². The second-order valence-electron chi connectivity index (χ2n) is 4.89. The number of nitrogens with one attached hydrogen (secondary N) is 2. The predicted octanol–water partition coefficient (Wildman–Crippen LogP) is 1.32. The molecule has 8 heteroatoms. The van der Waals surface area contributed by atoms with Gasteiger partial charge in [0.15, 0.2) is 0 Å². The number of anilines is 1. The van der Waals surface area contributed by atoms with Gasteiger partial charge >= 0.3 is 5.97 Å². The first-order valence-corrected chi connectivity index (χ1v) is 8.18. The second kappa shape index (κ2) is 7.96. The van der Waals surface area contributed by atoms with Crippen molar-refractivity contribution < 1.29 is 23.5 Å². The van der Waals surface area contributed by atoms with Gasteiger partial charge in [0.2, 0.25) is 11.8 Å². The number of hydrogen-bond donors (Lipinski definition) is 2. The molecule has 0 bridgehead atoms. The Balaban J connectivity index is 1.84. The van der Waals surface area contributed by atoms with Crippen LogP contribution in [0, 0.1) is 5.82 Å². The number of carbonyl (C=O) groups is 3. The van der Waals surface area contributed by atoms with Crippen LogP contribution < -0.4 is 10.6 Å². The largest absolute Gasteiger partial charge is 0.464 e. The summed E-state index contributed by atoms with van der Waals surface area (Å²) in [6.45, 7) is 1.94. The van der Waals surface area contributed by atoms with Crippen LogP contribution in [0.2, 0.25) is 0 Å². The van der Waals surface area contributed by atoms with Crippen molar-refractivity contribution >= 4 is 35.2 Å². The third kappa shape index (κ3) is 4.95. The summed E-state index contributed by atoms with van der Waals surface area (Å²) >= 11 is 1.24. The predicted molar refractivity (Wildman–Crippen MR) is 84.5 cm³/mol. The lowest BCUT2D eigenvalue weighted by molar-refractivity contribution is -0.146. The number of hydrogen-bond acceptors (Lipinski definition) is 5. The Kier molecular flexibility index (Phi) is 5.97. The molecule has 2 N–H and O–H groups in total. The van der Waals surface area contributed by atoms with Crippen molar-refractivity contribution in [2.75, 3.05) is 17.7 Å². The summed E-state index contributed by atoms with van der Waals surface area (Å²) in [6, 6.07) is 4.68. The highest BCUT2D eigenvalue weighted by atomic mass is 32.2. The molecule has 2 atom stereocenters. The van der Waals surface area contributed by atoms with Gasteiger partial charge in [0.1, 0.15) is 11.9 Å². The molecular weight excluding hydrogens is 323 g/mol. The Morgan fingerprint density at radius 1 is 1.39 bits per heavy atom. The summed E-state index contributed by atoms with van der Waals surface area (Å²) in [6.07, 6.45) is -0.0244. The second-order valence-corrected chi connectivity index (χ2v) is 6.13. The van der Waals surface area contributed by atoms with Gasteiger partial charge in [-0.15, -0.1) is 11.8 Å². The number of amides is 2. The Bertz CT molecular complexity index is 594. The standard InChI is InChI=1S/C15H17FN2O4S/c1-2-22-15(21)11-8-23-12(14(20)18-11)7-13(19)17-10-5-3-9(16)4-6-10/h3-6,11-12H,2,7-8H2,1H3,(H,17,19)(H,18,20)/t11-,12-/m1/s1. The fourth-order valence-corrected chi connectivity index (χ4v) is 3.16. The molecule has 0 aliphatic carbocycles. The molecule has 1 saturated heterocycles. The van der Waals surface area contributed by atoms with E-state index >= 15 is 0 Å². The van der Waals surface area contributed by atoms with Crippen LogP contribution >= 0.6 is 11.8 Å². The summed E-state index contributed by atoms with van der Waals surface area (Å²) in [5.74, 6) is -1.22. The van der Waals surface area contributed by atoms with Crippen LogP contribution in [-0.2, 0) is 19.1 Å². The molecular formula is C15H17FN2O4S. The average molecular weight is 340 g/mol. The van der Waals surface area contributed by atoms with Gasteiger partial charge in [0.25, 0.3) is 0 Å². The molecule has 1 aromatic rings. The van der Waals surface area contributed by atoms with Gasteiger partial charge in [-0.1, -0.05) is 0 Å². The Morgan fingerprint density at radius 3 is 2.70 bits per heavy atom. The maximum atomic E-state index is 12.8. The van der Waals surface area contributed by atoms with Crippen molar-refractivity contribution in [3.63, 3.8) is 0 Å². The number of ether oxygens (including phenoxy) is 1. The van der Waals surface area contributed by atoms with Gasteiger partial charge in [-0.2, -0.15) is 0 Å². The molecule has 0 spiro atoms. The SMILES string of the molecule is CCOC(=O)[C@H]1CS[C@H](CC(=O)Nc2ccc(F)cc2)C(=O)N1. The molecule has 1 aliphatic rings. The van der Waals surface area contributed by atoms with E-state index in [1.807, 2.05) is 0 Å². The van der Waals surface area contributed by atoms with Crippen LogP contribution in [0.15, 0.2) is 24.3 Å². The van der Waals surface area contributed by atoms with Gasteiger partial charge in [-0.05, 0) is 31.2 Å². The molecule has 1 aromatic carbocycles. The first kappa shape index (κ1) is 17.3. The number of esters is 1. The fraction of sp³-hybridized carbons (Fsp3) is 0.400. The summed E-state index contributed by atoms with van der Waals surface area (Å²) in [5, 5.41) is 4.60. The van der Waals surface area contributed by atoms with E-state index in [1.54, 1.807) is 6.92 Å². The minimum atomic E-state index is -0.677. The molecule has 0 aromatic heterocycles. The lowest BCUT2D eigenvalue weighted by atomic mass is 10.2. The Labute approximate surface area is 137 Å². The zero-order valence-corrected chi connectivity index (χ0v) is 13.3. The van der Waals surface area contributed by atoms with E-state index < -0.39 is 23.1 Å². The van der Waals surface area contributed by atoms with Gasteiger partial charge in [0.05, 0.1) is 11.9 Å². The van der Waals surface area contributed by atoms with E-state index in [2.05, 4.69) is 10.6 Å². The van der Waals surface area contributed by atoms with Crippen LogP contribution in [0.3, 0.4) is 0 Å². The van der Waals surface area contributed by atoms with Crippen molar-refractivity contribution in [3.05, 3.63) is 30.1 Å². The minimum Gasteiger partial charge on any atom is -0.464 e. The van der Waals surface area contributed by atoms with Crippen LogP contribution in [0.25, 0.3) is 0 Å². The third-order valence-electron chi connectivity index (χ3n) is 3.14. The Hall–Kier alpha value is -2.09. The Morgan fingerprint density at radius 2 is 2.09 bits per heavy atom. The van der Waals surface area contributed by atoms with Crippen LogP contribution in [0.5, 0.6) is 0 Å². The molecule has 6 nitrogen and oxygen atoms in total. The van der Waals surface area contributed by atoms with Gasteiger partial charge < -0.3 is 15.4 Å². The zero-order chi connectivity index (χ0) is 16.8. The van der Waals surface area contributed by atoms with Gasteiger partial charge in [0, 0.05) is 17.9 Å². The van der Waals surface area contributed by atoms with Crippen LogP contribution in [0.4, 0.5) is 10.1 Å².